The Hall–Kier alpha value is -2.74. The molecule has 3 aromatic rings. The van der Waals surface area contributed by atoms with Gasteiger partial charge in [-0.05, 0) is 79.4 Å². The molecule has 0 aliphatic carbocycles. The fourth-order valence-electron chi connectivity index (χ4n) is 3.95. The summed E-state index contributed by atoms with van der Waals surface area (Å²) in [6.45, 7) is 8.26. The molecule has 0 N–H and O–H groups in total. The van der Waals surface area contributed by atoms with Gasteiger partial charge >= 0.3 is 5.97 Å². The van der Waals surface area contributed by atoms with Crippen LogP contribution in [0.3, 0.4) is 0 Å². The lowest BCUT2D eigenvalue weighted by molar-refractivity contribution is -0.161. The second-order valence-corrected chi connectivity index (χ2v) is 10.3. The number of carbonyl (C=O) groups is 1. The van der Waals surface area contributed by atoms with Gasteiger partial charge in [-0.3, -0.25) is 4.79 Å². The lowest BCUT2D eigenvalue weighted by atomic mass is 9.83. The first-order chi connectivity index (χ1) is 16.2. The number of carbonyl (C=O) groups excluding carboxylic acids is 1. The van der Waals surface area contributed by atoms with Gasteiger partial charge in [-0.2, -0.15) is 0 Å². The SMILES string of the molecule is CCCC(C(=O)OC(C)(C)C)[C@H](Cc1ccc(Br)cc1)c1nnnn1Cc1ccc(OC)cc1. The van der Waals surface area contributed by atoms with Crippen molar-refractivity contribution in [3.05, 3.63) is 70.0 Å². The van der Waals surface area contributed by atoms with Crippen molar-refractivity contribution in [3.8, 4) is 5.75 Å². The van der Waals surface area contributed by atoms with Gasteiger partial charge in [-0.15, -0.1) is 5.10 Å². The molecule has 0 radical (unpaired) electrons. The molecule has 3 rings (SSSR count). The van der Waals surface area contributed by atoms with E-state index >= 15 is 0 Å². The van der Waals surface area contributed by atoms with Crippen molar-refractivity contribution < 1.29 is 14.3 Å². The molecule has 0 aliphatic rings. The molecule has 0 amide bonds. The Bertz CT molecular complexity index is 1060. The molecule has 1 heterocycles. The van der Waals surface area contributed by atoms with Gasteiger partial charge in [0.2, 0.25) is 0 Å². The van der Waals surface area contributed by atoms with Crippen LogP contribution in [0.4, 0.5) is 0 Å². The normalized spacial score (nSPS) is 13.4. The van der Waals surface area contributed by atoms with Crippen LogP contribution in [0.1, 0.15) is 63.4 Å². The number of methoxy groups -OCH3 is 1. The molecule has 0 fully saturated rings. The van der Waals surface area contributed by atoms with Gasteiger partial charge in [0.05, 0.1) is 19.6 Å². The van der Waals surface area contributed by atoms with E-state index < -0.39 is 5.60 Å². The molecule has 0 saturated carbocycles. The maximum Gasteiger partial charge on any atom is 0.310 e. The van der Waals surface area contributed by atoms with E-state index in [2.05, 4.69) is 50.5 Å². The minimum Gasteiger partial charge on any atom is -0.497 e. The largest absolute Gasteiger partial charge is 0.497 e. The number of halogens is 1. The minimum atomic E-state index is -0.569. The van der Waals surface area contributed by atoms with Crippen molar-refractivity contribution in [2.75, 3.05) is 7.11 Å². The zero-order chi connectivity index (χ0) is 24.7. The molecular weight excluding hydrogens is 496 g/mol. The number of ether oxygens (including phenoxy) is 2. The van der Waals surface area contributed by atoms with Crippen molar-refractivity contribution in [1.82, 2.24) is 20.2 Å². The van der Waals surface area contributed by atoms with Crippen molar-refractivity contribution in [2.45, 2.75) is 65.0 Å². The van der Waals surface area contributed by atoms with E-state index in [0.29, 0.717) is 25.2 Å². The third-order valence-corrected chi connectivity index (χ3v) is 6.08. The average Bonchev–Trinajstić information content (AvgIpc) is 3.24. The minimum absolute atomic E-state index is 0.213. The summed E-state index contributed by atoms with van der Waals surface area (Å²) < 4.78 is 13.9. The lowest BCUT2D eigenvalue weighted by Gasteiger charge is -2.29. The summed E-state index contributed by atoms with van der Waals surface area (Å²) in [5.41, 5.74) is 1.58. The molecule has 7 nitrogen and oxygen atoms in total. The van der Waals surface area contributed by atoms with Crippen LogP contribution >= 0.6 is 15.9 Å². The van der Waals surface area contributed by atoms with Crippen molar-refractivity contribution in [3.63, 3.8) is 0 Å². The summed E-state index contributed by atoms with van der Waals surface area (Å²) in [6.07, 6.45) is 2.16. The van der Waals surface area contributed by atoms with Crippen LogP contribution in [0.15, 0.2) is 53.0 Å². The van der Waals surface area contributed by atoms with Gasteiger partial charge in [0, 0.05) is 10.4 Å². The predicted octanol–water partition coefficient (Wildman–Crippen LogP) is 5.58. The van der Waals surface area contributed by atoms with Crippen LogP contribution in [-0.2, 0) is 22.5 Å². The third-order valence-electron chi connectivity index (χ3n) is 5.55. The molecule has 2 aromatic carbocycles. The third kappa shape index (κ3) is 7.13. The van der Waals surface area contributed by atoms with Crippen LogP contribution in [0.2, 0.25) is 0 Å². The van der Waals surface area contributed by atoms with Gasteiger partial charge in [0.1, 0.15) is 11.4 Å². The van der Waals surface area contributed by atoms with Crippen LogP contribution < -0.4 is 4.74 Å². The number of esters is 1. The maximum absolute atomic E-state index is 13.3. The number of nitrogens with zero attached hydrogens (tertiary/aromatic N) is 4. The number of hydrogen-bond acceptors (Lipinski definition) is 6. The fraction of sp³-hybridized carbons (Fsp3) is 0.462. The van der Waals surface area contributed by atoms with Gasteiger partial charge < -0.3 is 9.47 Å². The Balaban J connectivity index is 1.98. The van der Waals surface area contributed by atoms with Crippen molar-refractivity contribution in [1.29, 1.82) is 0 Å². The first-order valence-electron chi connectivity index (χ1n) is 11.6. The van der Waals surface area contributed by atoms with E-state index in [0.717, 1.165) is 27.8 Å². The quantitative estimate of drug-likeness (QED) is 0.319. The molecule has 0 spiro atoms. The van der Waals surface area contributed by atoms with E-state index in [1.54, 1.807) is 11.8 Å². The van der Waals surface area contributed by atoms with E-state index in [1.807, 2.05) is 57.2 Å². The summed E-state index contributed by atoms with van der Waals surface area (Å²) in [6, 6.07) is 16.0. The zero-order valence-corrected chi connectivity index (χ0v) is 22.1. The molecule has 0 saturated heterocycles. The van der Waals surface area contributed by atoms with Gasteiger partial charge in [-0.1, -0.05) is 53.5 Å². The monoisotopic (exact) mass is 528 g/mol. The Morgan fingerprint density at radius 1 is 1.06 bits per heavy atom. The topological polar surface area (TPSA) is 79.1 Å². The number of aromatic nitrogens is 4. The first-order valence-corrected chi connectivity index (χ1v) is 12.4. The molecule has 1 aromatic heterocycles. The Labute approximate surface area is 210 Å². The zero-order valence-electron chi connectivity index (χ0n) is 20.5. The standard InChI is InChI=1S/C26H33BrN4O3/c1-6-7-22(25(32)34-26(2,3)4)23(16-18-8-12-20(27)13-9-18)24-28-29-30-31(24)17-19-10-14-21(33-5)15-11-19/h8-15,22-23H,6-7,16-17H2,1-5H3/t22?,23-/m0/s1. The average molecular weight is 529 g/mol. The molecular formula is C26H33BrN4O3. The van der Waals surface area contributed by atoms with E-state index in [1.165, 1.54) is 0 Å². The highest BCUT2D eigenvalue weighted by Gasteiger charge is 2.36. The lowest BCUT2D eigenvalue weighted by Crippen LogP contribution is -2.33. The summed E-state index contributed by atoms with van der Waals surface area (Å²) in [5.74, 6) is 0.665. The Kier molecular flexibility index (Phi) is 8.83. The number of hydrogen-bond donors (Lipinski definition) is 0. The van der Waals surface area contributed by atoms with Crippen LogP contribution in [0, 0.1) is 5.92 Å². The predicted molar refractivity (Wildman–Crippen MR) is 135 cm³/mol. The first kappa shape index (κ1) is 25.9. The summed E-state index contributed by atoms with van der Waals surface area (Å²) in [7, 11) is 1.64. The van der Waals surface area contributed by atoms with Gasteiger partial charge in [0.15, 0.2) is 5.82 Å². The van der Waals surface area contributed by atoms with E-state index in [-0.39, 0.29) is 17.8 Å². The van der Waals surface area contributed by atoms with E-state index in [9.17, 15) is 4.79 Å². The molecule has 2 atom stereocenters. The number of rotatable bonds is 10. The molecule has 0 bridgehead atoms. The molecule has 0 aliphatic heterocycles. The molecule has 182 valence electrons. The van der Waals surface area contributed by atoms with Gasteiger partial charge in [0.25, 0.3) is 0 Å². The van der Waals surface area contributed by atoms with Crippen LogP contribution in [0.25, 0.3) is 0 Å². The second-order valence-electron chi connectivity index (χ2n) is 9.41. The highest BCUT2D eigenvalue weighted by Crippen LogP contribution is 2.33. The molecule has 34 heavy (non-hydrogen) atoms. The summed E-state index contributed by atoms with van der Waals surface area (Å²) >= 11 is 3.50. The fourth-order valence-corrected chi connectivity index (χ4v) is 4.22. The highest BCUT2D eigenvalue weighted by atomic mass is 79.9. The second kappa shape index (κ2) is 11.6. The highest BCUT2D eigenvalue weighted by molar-refractivity contribution is 9.10. The molecule has 8 heteroatoms. The van der Waals surface area contributed by atoms with Crippen molar-refractivity contribution >= 4 is 21.9 Å². The van der Waals surface area contributed by atoms with Crippen LogP contribution in [-0.4, -0.2) is 38.9 Å². The Morgan fingerprint density at radius 3 is 2.29 bits per heavy atom. The van der Waals surface area contributed by atoms with Crippen molar-refractivity contribution in [2.24, 2.45) is 5.92 Å². The van der Waals surface area contributed by atoms with Crippen LogP contribution in [0.5, 0.6) is 5.75 Å². The number of benzene rings is 2. The summed E-state index contributed by atoms with van der Waals surface area (Å²) in [5, 5.41) is 12.7. The summed E-state index contributed by atoms with van der Waals surface area (Å²) in [4.78, 5) is 13.3. The smallest absolute Gasteiger partial charge is 0.310 e. The molecule has 1 unspecified atom stereocenters. The number of tetrazole rings is 1. The van der Waals surface area contributed by atoms with E-state index in [4.69, 9.17) is 9.47 Å². The Morgan fingerprint density at radius 2 is 1.71 bits per heavy atom. The van der Waals surface area contributed by atoms with Gasteiger partial charge in [-0.25, -0.2) is 4.68 Å². The maximum atomic E-state index is 13.3.